The van der Waals surface area contributed by atoms with Gasteiger partial charge in [0, 0.05) is 22.3 Å². The Hall–Kier alpha value is -3.50. The van der Waals surface area contributed by atoms with Gasteiger partial charge in [0.2, 0.25) is 0 Å². The maximum Gasteiger partial charge on any atom is 0.447 e. The topological polar surface area (TPSA) is 107 Å². The van der Waals surface area contributed by atoms with Gasteiger partial charge in [-0.25, -0.2) is 14.4 Å². The van der Waals surface area contributed by atoms with Crippen LogP contribution in [0.25, 0.3) is 5.69 Å². The molecule has 2 aromatic carbocycles. The number of amides is 2. The van der Waals surface area contributed by atoms with Gasteiger partial charge in [0.25, 0.3) is 0 Å². The minimum Gasteiger partial charge on any atom is -0.469 e. The van der Waals surface area contributed by atoms with Gasteiger partial charge in [-0.2, -0.15) is 4.57 Å². The van der Waals surface area contributed by atoms with E-state index in [2.05, 4.69) is 0 Å². The fourth-order valence-electron chi connectivity index (χ4n) is 4.22. The first-order valence-corrected chi connectivity index (χ1v) is 11.4. The second-order valence-electron chi connectivity index (χ2n) is 8.42. The van der Waals surface area contributed by atoms with Crippen molar-refractivity contribution in [1.29, 1.82) is 0 Å². The summed E-state index contributed by atoms with van der Waals surface area (Å²) >= 11 is 12.2. The molecule has 0 saturated carbocycles. The zero-order valence-corrected chi connectivity index (χ0v) is 20.6. The monoisotopic (exact) mass is 520 g/mol. The summed E-state index contributed by atoms with van der Waals surface area (Å²) in [6, 6.07) is 12.2. The number of anilines is 1. The molecular weight excluding hydrogens is 499 g/mol. The highest BCUT2D eigenvalue weighted by molar-refractivity contribution is 6.31. The Morgan fingerprint density at radius 2 is 1.63 bits per heavy atom. The highest BCUT2D eigenvalue weighted by atomic mass is 35.5. The third-order valence-corrected chi connectivity index (χ3v) is 6.36. The van der Waals surface area contributed by atoms with E-state index in [4.69, 9.17) is 32.5 Å². The van der Waals surface area contributed by atoms with Crippen LogP contribution in [-0.2, 0) is 9.53 Å². The molecule has 35 heavy (non-hydrogen) atoms. The molecule has 1 fully saturated rings. The van der Waals surface area contributed by atoms with Crippen molar-refractivity contribution in [2.24, 2.45) is 0 Å². The number of nitrogens with zero attached hydrogens (tertiary/aromatic N) is 4. The van der Waals surface area contributed by atoms with Crippen molar-refractivity contribution in [3.8, 4) is 5.69 Å². The molecule has 0 spiro atoms. The normalized spacial score (nSPS) is 17.2. The summed E-state index contributed by atoms with van der Waals surface area (Å²) in [5, 5.41) is 0.692. The molecule has 0 unspecified atom stereocenters. The molecule has 1 aromatic heterocycles. The Labute approximate surface area is 209 Å². The molecular formula is C23H22Cl2N4O6. The zero-order chi connectivity index (χ0) is 25.5. The summed E-state index contributed by atoms with van der Waals surface area (Å²) in [6.07, 6.45) is -1.16. The lowest BCUT2D eigenvalue weighted by Crippen LogP contribution is -2.47. The number of carbonyl (C=O) groups excluding carboxylic acids is 2. The molecule has 4 rings (SSSR count). The predicted molar refractivity (Wildman–Crippen MR) is 129 cm³/mol. The summed E-state index contributed by atoms with van der Waals surface area (Å²) in [6.45, 7) is 3.43. The minimum atomic E-state index is -1.10. The maximum absolute atomic E-state index is 13.6. The van der Waals surface area contributed by atoms with Crippen LogP contribution >= 0.6 is 23.2 Å². The lowest BCUT2D eigenvalue weighted by atomic mass is 10.00. The van der Waals surface area contributed by atoms with E-state index in [0.717, 1.165) is 9.31 Å². The Kier molecular flexibility index (Phi) is 6.52. The molecule has 1 atom stereocenters. The number of benzene rings is 2. The number of hydrogen-bond acceptors (Lipinski definition) is 6. The fraction of sp³-hybridized carbons (Fsp3) is 0.304. The molecule has 12 heteroatoms. The molecule has 1 aliphatic heterocycles. The molecule has 0 N–H and O–H groups in total. The average Bonchev–Trinajstić information content (AvgIpc) is 3.19. The number of methoxy groups -OCH3 is 1. The zero-order valence-electron chi connectivity index (χ0n) is 19.1. The Balaban J connectivity index is 1.88. The number of urea groups is 1. The van der Waals surface area contributed by atoms with Gasteiger partial charge in [-0.1, -0.05) is 35.3 Å². The summed E-state index contributed by atoms with van der Waals surface area (Å²) in [5.41, 5.74) is -1.31. The van der Waals surface area contributed by atoms with Crippen LogP contribution in [0.4, 0.5) is 10.5 Å². The molecule has 0 radical (unpaired) electrons. The van der Waals surface area contributed by atoms with Gasteiger partial charge in [0.1, 0.15) is 0 Å². The van der Waals surface area contributed by atoms with Crippen LogP contribution in [0.2, 0.25) is 10.0 Å². The lowest BCUT2D eigenvalue weighted by molar-refractivity contribution is -0.141. The van der Waals surface area contributed by atoms with E-state index < -0.39 is 35.2 Å². The van der Waals surface area contributed by atoms with Gasteiger partial charge < -0.3 is 14.2 Å². The van der Waals surface area contributed by atoms with Gasteiger partial charge in [-0.3, -0.25) is 9.69 Å². The number of aromatic nitrogens is 2. The fourth-order valence-corrected chi connectivity index (χ4v) is 4.59. The SMILES string of the molecule is COC(=O)CCN1C(=O)N(c2cccc(Cl)c2)[C@H](n2oc(=O)n(-c3cccc(Cl)c3)c2=O)C1(C)C. The van der Waals surface area contributed by atoms with Gasteiger partial charge in [-0.05, 0) is 50.2 Å². The van der Waals surface area contributed by atoms with E-state index in [0.29, 0.717) is 15.7 Å². The Morgan fingerprint density at radius 3 is 2.23 bits per heavy atom. The van der Waals surface area contributed by atoms with Crippen LogP contribution in [0, 0.1) is 0 Å². The summed E-state index contributed by atoms with van der Waals surface area (Å²) < 4.78 is 11.8. The summed E-state index contributed by atoms with van der Waals surface area (Å²) in [4.78, 5) is 54.4. The first-order valence-electron chi connectivity index (χ1n) is 10.6. The van der Waals surface area contributed by atoms with Crippen molar-refractivity contribution in [2.75, 3.05) is 18.6 Å². The first-order chi connectivity index (χ1) is 16.6. The smallest absolute Gasteiger partial charge is 0.447 e. The molecule has 2 amide bonds. The van der Waals surface area contributed by atoms with Crippen molar-refractivity contribution in [3.05, 3.63) is 79.6 Å². The molecule has 3 aromatic rings. The van der Waals surface area contributed by atoms with Crippen LogP contribution in [0.15, 0.2) is 62.6 Å². The molecule has 1 saturated heterocycles. The third kappa shape index (κ3) is 4.35. The van der Waals surface area contributed by atoms with Crippen molar-refractivity contribution in [3.63, 3.8) is 0 Å². The van der Waals surface area contributed by atoms with Crippen molar-refractivity contribution in [1.82, 2.24) is 14.2 Å². The van der Waals surface area contributed by atoms with Crippen molar-refractivity contribution >= 4 is 40.9 Å². The van der Waals surface area contributed by atoms with Gasteiger partial charge >= 0.3 is 23.4 Å². The molecule has 1 aliphatic rings. The molecule has 0 aliphatic carbocycles. The second kappa shape index (κ2) is 9.27. The van der Waals surface area contributed by atoms with Crippen LogP contribution in [0.3, 0.4) is 0 Å². The van der Waals surface area contributed by atoms with E-state index in [1.807, 2.05) is 0 Å². The first kappa shape index (κ1) is 24.6. The van der Waals surface area contributed by atoms with E-state index in [-0.39, 0.29) is 18.7 Å². The maximum atomic E-state index is 13.6. The standard InChI is InChI=1S/C23H22Cl2N4O6/c1-23(2)19(29-21(32)28(22(33)35-29)17-9-5-7-15(25)13-17)27(16-8-4-6-14(24)12-16)20(31)26(23)11-10-18(30)34-3/h4-9,12-13,19H,10-11H2,1-3H3/t19-/m1/s1. The molecule has 0 bridgehead atoms. The Morgan fingerprint density at radius 1 is 1.03 bits per heavy atom. The molecule has 2 heterocycles. The second-order valence-corrected chi connectivity index (χ2v) is 9.29. The molecule has 10 nitrogen and oxygen atoms in total. The summed E-state index contributed by atoms with van der Waals surface area (Å²) in [7, 11) is 1.26. The number of rotatable bonds is 6. The van der Waals surface area contributed by atoms with Gasteiger partial charge in [0.05, 0.1) is 24.8 Å². The van der Waals surface area contributed by atoms with Crippen LogP contribution in [0.1, 0.15) is 26.4 Å². The summed E-state index contributed by atoms with van der Waals surface area (Å²) in [5.74, 6) is -1.44. The van der Waals surface area contributed by atoms with Crippen LogP contribution in [-0.4, -0.2) is 45.4 Å². The van der Waals surface area contributed by atoms with Gasteiger partial charge in [0.15, 0.2) is 6.17 Å². The number of hydrogen-bond donors (Lipinski definition) is 0. The van der Waals surface area contributed by atoms with Crippen molar-refractivity contribution < 1.29 is 18.8 Å². The van der Waals surface area contributed by atoms with Crippen molar-refractivity contribution in [2.45, 2.75) is 32.0 Å². The molecule has 184 valence electrons. The highest BCUT2D eigenvalue weighted by Crippen LogP contribution is 2.42. The third-order valence-electron chi connectivity index (χ3n) is 5.89. The number of halogens is 2. The van der Waals surface area contributed by atoms with Crippen LogP contribution in [0.5, 0.6) is 0 Å². The lowest BCUT2D eigenvalue weighted by Gasteiger charge is -2.33. The number of ether oxygens (including phenoxy) is 1. The minimum absolute atomic E-state index is 0.0139. The Bertz CT molecular complexity index is 1410. The average molecular weight is 521 g/mol. The number of esters is 1. The number of carbonyl (C=O) groups is 2. The predicted octanol–water partition coefficient (Wildman–Crippen LogP) is 3.68. The van der Waals surface area contributed by atoms with E-state index >= 15 is 0 Å². The van der Waals surface area contributed by atoms with E-state index in [9.17, 15) is 19.2 Å². The largest absolute Gasteiger partial charge is 0.469 e. The van der Waals surface area contributed by atoms with Crippen LogP contribution < -0.4 is 16.3 Å². The quantitative estimate of drug-likeness (QED) is 0.458. The highest BCUT2D eigenvalue weighted by Gasteiger charge is 2.55. The van der Waals surface area contributed by atoms with Gasteiger partial charge in [-0.15, -0.1) is 4.74 Å². The van der Waals surface area contributed by atoms with E-state index in [1.54, 1.807) is 50.2 Å². The van der Waals surface area contributed by atoms with E-state index in [1.165, 1.54) is 29.0 Å².